The van der Waals surface area contributed by atoms with Gasteiger partial charge in [0.2, 0.25) is 0 Å². The molecule has 0 saturated carbocycles. The molecule has 1 aromatic rings. The van der Waals surface area contributed by atoms with Crippen LogP contribution in [0, 0.1) is 0 Å². The van der Waals surface area contributed by atoms with Crippen LogP contribution in [0.1, 0.15) is 0 Å². The lowest BCUT2D eigenvalue weighted by atomic mass is 10.4. The van der Waals surface area contributed by atoms with Crippen LogP contribution < -0.4 is 10.6 Å². The first-order valence-electron chi connectivity index (χ1n) is 3.77. The van der Waals surface area contributed by atoms with Gasteiger partial charge in [-0.25, -0.2) is 24.3 Å². The number of benzene rings is 1. The summed E-state index contributed by atoms with van der Waals surface area (Å²) in [5.41, 5.74) is 6.06. The zero-order valence-electron chi connectivity index (χ0n) is 6.97. The predicted octanol–water partition coefficient (Wildman–Crippen LogP) is 1.29. The Morgan fingerprint density at radius 3 is 2.21 bits per heavy atom. The first-order valence-corrected chi connectivity index (χ1v) is 3.77. The van der Waals surface area contributed by atoms with Gasteiger partial charge < -0.3 is 5.73 Å². The minimum atomic E-state index is -1.16. The van der Waals surface area contributed by atoms with Gasteiger partial charge in [0.25, 0.3) is 0 Å². The van der Waals surface area contributed by atoms with E-state index in [1.807, 2.05) is 0 Å². The standard InChI is InChI=1S/C8H6N2O4/c9-7(11)13-14-8(12)10-5-3-1-2-4-6(5)10/h1-4H,(H2,9,11). The van der Waals surface area contributed by atoms with Crippen molar-refractivity contribution in [3.63, 3.8) is 0 Å². The van der Waals surface area contributed by atoms with Crippen LogP contribution >= 0.6 is 0 Å². The van der Waals surface area contributed by atoms with Crippen molar-refractivity contribution in [2.24, 2.45) is 5.73 Å². The van der Waals surface area contributed by atoms with Crippen molar-refractivity contribution in [2.75, 3.05) is 4.90 Å². The fourth-order valence-electron chi connectivity index (χ4n) is 1.12. The normalized spacial score (nSPS) is 11.6. The third-order valence-electron chi connectivity index (χ3n) is 1.69. The molecule has 2 N–H and O–H groups in total. The van der Waals surface area contributed by atoms with E-state index in [1.54, 1.807) is 24.3 Å². The van der Waals surface area contributed by atoms with Crippen LogP contribution in [0.5, 0.6) is 0 Å². The number of nitrogens with two attached hydrogens (primary N) is 1. The van der Waals surface area contributed by atoms with Gasteiger partial charge in [-0.1, -0.05) is 12.1 Å². The van der Waals surface area contributed by atoms with Crippen LogP contribution in [0.2, 0.25) is 0 Å². The second-order valence-electron chi connectivity index (χ2n) is 2.58. The van der Waals surface area contributed by atoms with Gasteiger partial charge in [-0.3, -0.25) is 0 Å². The van der Waals surface area contributed by atoms with Crippen LogP contribution in [-0.2, 0) is 9.78 Å². The molecule has 0 aliphatic carbocycles. The maximum atomic E-state index is 11.1. The smallest absolute Gasteiger partial charge is 0.332 e. The van der Waals surface area contributed by atoms with Gasteiger partial charge in [-0.2, -0.15) is 0 Å². The van der Waals surface area contributed by atoms with Crippen molar-refractivity contribution in [1.82, 2.24) is 0 Å². The molecule has 1 aromatic carbocycles. The maximum absolute atomic E-state index is 11.1. The summed E-state index contributed by atoms with van der Waals surface area (Å²) in [4.78, 5) is 30.5. The summed E-state index contributed by atoms with van der Waals surface area (Å²) in [5, 5.41) is 0. The van der Waals surface area contributed by atoms with Gasteiger partial charge in [-0.15, -0.1) is 0 Å². The van der Waals surface area contributed by atoms with Crippen molar-refractivity contribution in [1.29, 1.82) is 0 Å². The number of anilines is 2. The maximum Gasteiger partial charge on any atom is 0.462 e. The summed E-state index contributed by atoms with van der Waals surface area (Å²) in [7, 11) is 0. The van der Waals surface area contributed by atoms with Crippen LogP contribution in [-0.4, -0.2) is 12.2 Å². The van der Waals surface area contributed by atoms with E-state index < -0.39 is 12.2 Å². The number of rotatable bonds is 0. The number of primary amides is 1. The van der Waals surface area contributed by atoms with Gasteiger partial charge in [0, 0.05) is 0 Å². The number of hydrogen-bond acceptors (Lipinski definition) is 4. The second kappa shape index (κ2) is 2.91. The van der Waals surface area contributed by atoms with E-state index in [0.29, 0.717) is 0 Å². The Morgan fingerprint density at radius 2 is 1.71 bits per heavy atom. The summed E-state index contributed by atoms with van der Waals surface area (Å²) >= 11 is 0. The predicted molar refractivity (Wildman–Crippen MR) is 45.7 cm³/mol. The molecule has 0 spiro atoms. The Bertz CT molecular complexity index is 381. The highest BCUT2D eigenvalue weighted by atomic mass is 17.2. The Kier molecular flexibility index (Phi) is 1.74. The molecule has 6 nitrogen and oxygen atoms in total. The van der Waals surface area contributed by atoms with Crippen LogP contribution in [0.3, 0.4) is 0 Å². The number of para-hydroxylation sites is 2. The van der Waals surface area contributed by atoms with Gasteiger partial charge >= 0.3 is 12.2 Å². The van der Waals surface area contributed by atoms with Crippen molar-refractivity contribution >= 4 is 23.6 Å². The van der Waals surface area contributed by atoms with Crippen molar-refractivity contribution in [3.8, 4) is 0 Å². The SMILES string of the molecule is NC(=O)OOC(=O)N1c2ccccc21. The Morgan fingerprint density at radius 1 is 1.14 bits per heavy atom. The lowest BCUT2D eigenvalue weighted by Gasteiger charge is -1.99. The molecule has 2 rings (SSSR count). The molecule has 0 saturated heterocycles. The summed E-state index contributed by atoms with van der Waals surface area (Å²) in [5.74, 6) is 0. The van der Waals surface area contributed by atoms with E-state index in [0.717, 1.165) is 11.4 Å². The minimum absolute atomic E-state index is 0.727. The third kappa shape index (κ3) is 1.33. The summed E-state index contributed by atoms with van der Waals surface area (Å²) in [6.45, 7) is 0. The fraction of sp³-hybridized carbons (Fsp3) is 0. The molecule has 1 heterocycles. The molecular weight excluding hydrogens is 188 g/mol. The number of carbonyl (C=O) groups is 2. The van der Waals surface area contributed by atoms with Gasteiger partial charge in [0.15, 0.2) is 0 Å². The number of amides is 2. The zero-order valence-corrected chi connectivity index (χ0v) is 6.97. The number of fused-ring (bicyclic) bond motifs is 1. The molecule has 72 valence electrons. The zero-order chi connectivity index (χ0) is 10.1. The first-order chi connectivity index (χ1) is 6.70. The molecule has 6 heteroatoms. The monoisotopic (exact) mass is 194 g/mol. The largest absolute Gasteiger partial charge is 0.462 e. The Hall–Kier alpha value is -2.24. The van der Waals surface area contributed by atoms with Crippen molar-refractivity contribution in [2.45, 2.75) is 0 Å². The van der Waals surface area contributed by atoms with Gasteiger partial charge in [-0.05, 0) is 12.1 Å². The van der Waals surface area contributed by atoms with E-state index >= 15 is 0 Å². The number of nitrogens with zero attached hydrogens (tertiary/aromatic N) is 1. The van der Waals surface area contributed by atoms with Crippen molar-refractivity contribution < 1.29 is 19.4 Å². The van der Waals surface area contributed by atoms with E-state index in [1.165, 1.54) is 4.90 Å². The molecule has 0 unspecified atom stereocenters. The topological polar surface area (TPSA) is 81.6 Å². The van der Waals surface area contributed by atoms with Gasteiger partial charge in [0.1, 0.15) is 0 Å². The molecule has 1 aliphatic rings. The summed E-state index contributed by atoms with van der Waals surface area (Å²) in [6, 6.07) is 7.03. The van der Waals surface area contributed by atoms with Crippen LogP contribution in [0.25, 0.3) is 0 Å². The molecular formula is C8H6N2O4. The molecule has 0 radical (unpaired) electrons. The Balaban J connectivity index is 1.95. The molecule has 2 amide bonds. The highest BCUT2D eigenvalue weighted by Gasteiger charge is 2.36. The average Bonchev–Trinajstić information content (AvgIpc) is 2.88. The van der Waals surface area contributed by atoms with Gasteiger partial charge in [0.05, 0.1) is 11.4 Å². The minimum Gasteiger partial charge on any atom is -0.332 e. The molecule has 0 atom stereocenters. The average molecular weight is 194 g/mol. The molecule has 1 aliphatic heterocycles. The molecule has 14 heavy (non-hydrogen) atoms. The van der Waals surface area contributed by atoms with E-state index in [4.69, 9.17) is 0 Å². The fourth-order valence-corrected chi connectivity index (χ4v) is 1.12. The quantitative estimate of drug-likeness (QED) is 0.383. The summed E-state index contributed by atoms with van der Waals surface area (Å²) < 4.78 is 0. The highest BCUT2D eigenvalue weighted by Crippen LogP contribution is 2.47. The number of carbonyl (C=O) groups excluding carboxylic acids is 2. The van der Waals surface area contributed by atoms with E-state index in [-0.39, 0.29) is 0 Å². The third-order valence-corrected chi connectivity index (χ3v) is 1.69. The van der Waals surface area contributed by atoms with Crippen LogP contribution in [0.15, 0.2) is 24.3 Å². The molecule has 0 fully saturated rings. The van der Waals surface area contributed by atoms with Crippen molar-refractivity contribution in [3.05, 3.63) is 24.3 Å². The van der Waals surface area contributed by atoms with E-state index in [9.17, 15) is 9.59 Å². The lowest BCUT2D eigenvalue weighted by molar-refractivity contribution is -0.172. The molecule has 0 aromatic heterocycles. The Labute approximate surface area is 78.7 Å². The lowest BCUT2D eigenvalue weighted by Crippen LogP contribution is -2.21. The number of hydrogen-bond donors (Lipinski definition) is 1. The second-order valence-corrected chi connectivity index (χ2v) is 2.58. The summed E-state index contributed by atoms with van der Waals surface area (Å²) in [6.07, 6.45) is -1.95. The van der Waals surface area contributed by atoms with Crippen LogP contribution in [0.4, 0.5) is 21.0 Å². The molecule has 0 bridgehead atoms. The highest BCUT2D eigenvalue weighted by molar-refractivity contribution is 6.12. The first kappa shape index (κ1) is 8.36. The van der Waals surface area contributed by atoms with E-state index in [2.05, 4.69) is 15.5 Å².